The Bertz CT molecular complexity index is 874. The molecule has 1 atom stereocenters. The Morgan fingerprint density at radius 1 is 1.23 bits per heavy atom. The highest BCUT2D eigenvalue weighted by atomic mass is 15.3. The van der Waals surface area contributed by atoms with Gasteiger partial charge in [-0.05, 0) is 50.6 Å². The summed E-state index contributed by atoms with van der Waals surface area (Å²) in [6, 6.07) is 4.46. The van der Waals surface area contributed by atoms with Crippen LogP contribution >= 0.6 is 0 Å². The summed E-state index contributed by atoms with van der Waals surface area (Å²) in [4.78, 5) is 6.79. The summed E-state index contributed by atoms with van der Waals surface area (Å²) >= 11 is 0. The minimum atomic E-state index is 0.284. The van der Waals surface area contributed by atoms with Gasteiger partial charge in [-0.25, -0.2) is 4.98 Å². The highest BCUT2D eigenvalue weighted by Gasteiger charge is 2.42. The van der Waals surface area contributed by atoms with Gasteiger partial charge in [-0.3, -0.25) is 4.68 Å². The van der Waals surface area contributed by atoms with Crippen LogP contribution in [0, 0.1) is 0 Å². The predicted molar refractivity (Wildman–Crippen MR) is 104 cm³/mol. The van der Waals surface area contributed by atoms with Gasteiger partial charge in [-0.1, -0.05) is 6.08 Å². The second-order valence-corrected chi connectivity index (χ2v) is 7.99. The third kappa shape index (κ3) is 2.47. The lowest BCUT2D eigenvalue weighted by atomic mass is 9.82. The number of nitrogen functional groups attached to an aromatic ring is 1. The lowest BCUT2D eigenvalue weighted by molar-refractivity contribution is 0.370. The quantitative estimate of drug-likeness (QED) is 0.865. The van der Waals surface area contributed by atoms with Gasteiger partial charge in [0.05, 0.1) is 5.69 Å². The molecule has 2 aromatic heterocycles. The number of nitrogens with zero attached hydrogens (tertiary/aromatic N) is 4. The van der Waals surface area contributed by atoms with E-state index in [1.807, 2.05) is 6.20 Å². The number of aromatic nitrogens is 3. The van der Waals surface area contributed by atoms with Crippen molar-refractivity contribution in [2.24, 2.45) is 0 Å². The molecule has 1 saturated heterocycles. The summed E-state index contributed by atoms with van der Waals surface area (Å²) in [5.74, 6) is 0.618. The van der Waals surface area contributed by atoms with Crippen molar-refractivity contribution in [1.29, 1.82) is 0 Å². The van der Waals surface area contributed by atoms with Crippen LogP contribution < -0.4 is 11.1 Å². The average molecular weight is 350 g/mol. The molecule has 3 aliphatic rings. The fraction of sp³-hybridized carbons (Fsp3) is 0.500. The zero-order valence-corrected chi connectivity index (χ0v) is 15.3. The molecule has 5 heterocycles. The largest absolute Gasteiger partial charge is 0.383 e. The molecule has 0 aliphatic carbocycles. The maximum absolute atomic E-state index is 6.20. The molecular formula is C20H26N6. The standard InChI is InChI=1S/C20H26N6/c1-25-7-2-14(3-8-25)16-10-15(12-23-19(16)21)17-11-18-20(4-6-22-13-20)5-9-26(18)24-17/h2,10-12,22H,3-9,13H2,1H3,(H2,21,23)/t20-/m1/s1. The Morgan fingerprint density at radius 3 is 2.92 bits per heavy atom. The molecule has 0 radical (unpaired) electrons. The Balaban J connectivity index is 1.51. The molecule has 3 aliphatic heterocycles. The van der Waals surface area contributed by atoms with E-state index in [1.54, 1.807) is 0 Å². The number of pyridine rings is 1. The van der Waals surface area contributed by atoms with E-state index < -0.39 is 0 Å². The number of nitrogens with one attached hydrogen (secondary N) is 1. The number of hydrogen-bond donors (Lipinski definition) is 2. The normalized spacial score (nSPS) is 25.7. The van der Waals surface area contributed by atoms with Gasteiger partial charge in [0.2, 0.25) is 0 Å². The molecule has 0 bridgehead atoms. The number of nitrogens with two attached hydrogens (primary N) is 1. The summed E-state index contributed by atoms with van der Waals surface area (Å²) < 4.78 is 2.20. The van der Waals surface area contributed by atoms with Crippen LogP contribution in [0.25, 0.3) is 16.8 Å². The van der Waals surface area contributed by atoms with Gasteiger partial charge in [-0.2, -0.15) is 5.10 Å². The van der Waals surface area contributed by atoms with E-state index in [0.717, 1.165) is 56.0 Å². The van der Waals surface area contributed by atoms with Crippen LogP contribution in [0.3, 0.4) is 0 Å². The summed E-state index contributed by atoms with van der Waals surface area (Å²) in [6.45, 7) is 5.22. The summed E-state index contributed by atoms with van der Waals surface area (Å²) in [7, 11) is 2.14. The Labute approximate surface area is 154 Å². The van der Waals surface area contributed by atoms with Crippen LogP contribution in [-0.2, 0) is 12.0 Å². The molecule has 1 fully saturated rings. The fourth-order valence-electron chi connectivity index (χ4n) is 4.67. The Hall–Kier alpha value is -2.18. The number of hydrogen-bond acceptors (Lipinski definition) is 5. The number of aryl methyl sites for hydroxylation is 1. The second kappa shape index (κ2) is 5.93. The molecule has 6 heteroatoms. The van der Waals surface area contributed by atoms with Crippen molar-refractivity contribution in [2.45, 2.75) is 31.2 Å². The molecule has 0 amide bonds. The lowest BCUT2D eigenvalue weighted by Gasteiger charge is -2.22. The van der Waals surface area contributed by atoms with Crippen LogP contribution in [0.2, 0.25) is 0 Å². The average Bonchev–Trinajstić information content (AvgIpc) is 3.36. The number of fused-ring (bicyclic) bond motifs is 2. The van der Waals surface area contributed by atoms with Gasteiger partial charge in [0.1, 0.15) is 5.82 Å². The van der Waals surface area contributed by atoms with Gasteiger partial charge < -0.3 is 16.0 Å². The van der Waals surface area contributed by atoms with E-state index in [1.165, 1.54) is 24.1 Å². The minimum absolute atomic E-state index is 0.284. The zero-order chi connectivity index (χ0) is 17.7. The zero-order valence-electron chi connectivity index (χ0n) is 15.3. The minimum Gasteiger partial charge on any atom is -0.383 e. The maximum atomic E-state index is 6.20. The third-order valence-electron chi connectivity index (χ3n) is 6.34. The summed E-state index contributed by atoms with van der Waals surface area (Å²) in [5, 5.41) is 8.41. The van der Waals surface area contributed by atoms with Crippen molar-refractivity contribution in [1.82, 2.24) is 25.0 Å². The number of rotatable bonds is 2. The molecule has 5 rings (SSSR count). The van der Waals surface area contributed by atoms with Crippen LogP contribution in [0.15, 0.2) is 24.4 Å². The first-order valence-corrected chi connectivity index (χ1v) is 9.58. The van der Waals surface area contributed by atoms with Crippen molar-refractivity contribution >= 4 is 11.4 Å². The van der Waals surface area contributed by atoms with E-state index in [0.29, 0.717) is 5.82 Å². The Kier molecular flexibility index (Phi) is 3.65. The number of anilines is 1. The van der Waals surface area contributed by atoms with Crippen molar-refractivity contribution in [2.75, 3.05) is 39.0 Å². The van der Waals surface area contributed by atoms with Crippen molar-refractivity contribution in [3.05, 3.63) is 35.7 Å². The van der Waals surface area contributed by atoms with Crippen LogP contribution in [-0.4, -0.2) is 52.9 Å². The molecule has 136 valence electrons. The highest BCUT2D eigenvalue weighted by molar-refractivity contribution is 5.77. The summed E-state index contributed by atoms with van der Waals surface area (Å²) in [5.41, 5.74) is 12.3. The first-order valence-electron chi connectivity index (χ1n) is 9.58. The maximum Gasteiger partial charge on any atom is 0.130 e. The van der Waals surface area contributed by atoms with Gasteiger partial charge >= 0.3 is 0 Å². The van der Waals surface area contributed by atoms with E-state index in [2.05, 4.69) is 45.1 Å². The third-order valence-corrected chi connectivity index (χ3v) is 6.34. The molecule has 0 aromatic carbocycles. The Morgan fingerprint density at radius 2 is 2.15 bits per heavy atom. The SMILES string of the molecule is CN1CC=C(c2cc(-c3cc4n(n3)CC[C@@]43CCNC3)cnc2N)CC1. The van der Waals surface area contributed by atoms with Gasteiger partial charge in [-0.15, -0.1) is 0 Å². The first-order chi connectivity index (χ1) is 12.6. The molecule has 3 N–H and O–H groups in total. The van der Waals surface area contributed by atoms with Gasteiger partial charge in [0, 0.05) is 54.6 Å². The smallest absolute Gasteiger partial charge is 0.130 e. The predicted octanol–water partition coefficient (Wildman–Crippen LogP) is 1.88. The first kappa shape index (κ1) is 16.0. The van der Waals surface area contributed by atoms with Crippen molar-refractivity contribution in [3.63, 3.8) is 0 Å². The summed E-state index contributed by atoms with van der Waals surface area (Å²) in [6.07, 6.45) is 7.57. The second-order valence-electron chi connectivity index (χ2n) is 7.99. The molecule has 2 aromatic rings. The van der Waals surface area contributed by atoms with Crippen LogP contribution in [0.4, 0.5) is 5.82 Å². The van der Waals surface area contributed by atoms with Crippen molar-refractivity contribution in [3.8, 4) is 11.3 Å². The monoisotopic (exact) mass is 350 g/mol. The molecule has 0 unspecified atom stereocenters. The molecule has 26 heavy (non-hydrogen) atoms. The molecular weight excluding hydrogens is 324 g/mol. The van der Waals surface area contributed by atoms with E-state index in [9.17, 15) is 0 Å². The van der Waals surface area contributed by atoms with Crippen LogP contribution in [0.5, 0.6) is 0 Å². The van der Waals surface area contributed by atoms with Gasteiger partial charge in [0.15, 0.2) is 0 Å². The lowest BCUT2D eigenvalue weighted by Crippen LogP contribution is -2.25. The fourth-order valence-corrected chi connectivity index (χ4v) is 4.67. The number of likely N-dealkylation sites (N-methyl/N-ethyl adjacent to an activating group) is 1. The molecule has 1 spiro atoms. The highest BCUT2D eigenvalue weighted by Crippen LogP contribution is 2.41. The molecule has 0 saturated carbocycles. The van der Waals surface area contributed by atoms with E-state index in [-0.39, 0.29) is 5.41 Å². The van der Waals surface area contributed by atoms with Crippen LogP contribution in [0.1, 0.15) is 30.5 Å². The van der Waals surface area contributed by atoms with E-state index >= 15 is 0 Å². The topological polar surface area (TPSA) is 72.0 Å². The van der Waals surface area contributed by atoms with Crippen molar-refractivity contribution < 1.29 is 0 Å². The molecule has 6 nitrogen and oxygen atoms in total. The van der Waals surface area contributed by atoms with E-state index in [4.69, 9.17) is 10.8 Å². The van der Waals surface area contributed by atoms with Gasteiger partial charge in [0.25, 0.3) is 0 Å².